The number of rotatable bonds is 7. The number of nitrogens with one attached hydrogen (secondary N) is 2. The number of benzene rings is 2. The van der Waals surface area contributed by atoms with Crippen LogP contribution in [0, 0.1) is 24.7 Å². The molecule has 2 aromatic carbocycles. The summed E-state index contributed by atoms with van der Waals surface area (Å²) in [6.45, 7) is 4.09. The van der Waals surface area contributed by atoms with Crippen LogP contribution in [0.3, 0.4) is 0 Å². The smallest absolute Gasteiger partial charge is 0.256 e. The van der Waals surface area contributed by atoms with Crippen molar-refractivity contribution in [1.82, 2.24) is 5.32 Å². The summed E-state index contributed by atoms with van der Waals surface area (Å²) in [4.78, 5) is 26.2. The van der Waals surface area contributed by atoms with Gasteiger partial charge in [-0.05, 0) is 80.7 Å². The predicted molar refractivity (Wildman–Crippen MR) is 128 cm³/mol. The van der Waals surface area contributed by atoms with E-state index in [1.165, 1.54) is 37.4 Å². The second kappa shape index (κ2) is 9.66. The van der Waals surface area contributed by atoms with Crippen LogP contribution in [0.5, 0.6) is 0 Å². The fourth-order valence-electron chi connectivity index (χ4n) is 5.14. The number of hydrogen-bond acceptors (Lipinski definition) is 3. The van der Waals surface area contributed by atoms with Crippen LogP contribution < -0.4 is 10.6 Å². The summed E-state index contributed by atoms with van der Waals surface area (Å²) in [7, 11) is 0. The zero-order valence-corrected chi connectivity index (χ0v) is 19.6. The highest BCUT2D eigenvalue weighted by atomic mass is 35.5. The fraction of sp³-hybridized carbons (Fsp3) is 0.440. The Labute approximate surface area is 193 Å². The van der Waals surface area contributed by atoms with Gasteiger partial charge >= 0.3 is 0 Å². The second-order valence-electron chi connectivity index (χ2n) is 8.92. The van der Waals surface area contributed by atoms with Gasteiger partial charge in [-0.3, -0.25) is 9.59 Å². The third-order valence-corrected chi connectivity index (χ3v) is 8.07. The molecule has 2 aliphatic carbocycles. The summed E-state index contributed by atoms with van der Waals surface area (Å²) >= 11 is 7.65. The third kappa shape index (κ3) is 5.27. The minimum absolute atomic E-state index is 0.0251. The van der Waals surface area contributed by atoms with Crippen molar-refractivity contribution in [3.63, 3.8) is 0 Å². The molecule has 2 N–H and O–H groups in total. The lowest BCUT2D eigenvalue weighted by Crippen LogP contribution is -2.40. The van der Waals surface area contributed by atoms with Crippen LogP contribution in [0.4, 0.5) is 5.69 Å². The molecule has 0 saturated heterocycles. The predicted octanol–water partition coefficient (Wildman–Crippen LogP) is 5.93. The quantitative estimate of drug-likeness (QED) is 0.507. The lowest BCUT2D eigenvalue weighted by molar-refractivity contribution is -0.119. The Morgan fingerprint density at radius 1 is 1.16 bits per heavy atom. The van der Waals surface area contributed by atoms with E-state index in [4.69, 9.17) is 11.6 Å². The van der Waals surface area contributed by atoms with E-state index in [9.17, 15) is 9.59 Å². The first-order valence-corrected chi connectivity index (χ1v) is 12.4. The fourth-order valence-corrected chi connectivity index (χ4v) is 6.29. The van der Waals surface area contributed by atoms with Gasteiger partial charge in [-0.2, -0.15) is 0 Å². The first-order valence-electron chi connectivity index (χ1n) is 11.0. The summed E-state index contributed by atoms with van der Waals surface area (Å²) in [5.41, 5.74) is 2.15. The summed E-state index contributed by atoms with van der Waals surface area (Å²) < 4.78 is 0. The van der Waals surface area contributed by atoms with Crippen molar-refractivity contribution in [2.24, 2.45) is 17.8 Å². The lowest BCUT2D eigenvalue weighted by Gasteiger charge is -2.28. The highest BCUT2D eigenvalue weighted by Crippen LogP contribution is 2.49. The van der Waals surface area contributed by atoms with E-state index in [2.05, 4.69) is 17.6 Å². The van der Waals surface area contributed by atoms with Crippen LogP contribution in [0.2, 0.25) is 5.02 Å². The van der Waals surface area contributed by atoms with Gasteiger partial charge in [0.1, 0.15) is 0 Å². The van der Waals surface area contributed by atoms with Crippen molar-refractivity contribution < 1.29 is 9.59 Å². The largest absolute Gasteiger partial charge is 0.353 e. The van der Waals surface area contributed by atoms with Crippen LogP contribution in [-0.4, -0.2) is 23.6 Å². The maximum absolute atomic E-state index is 12.9. The second-order valence-corrected chi connectivity index (χ2v) is 10.3. The Kier molecular flexibility index (Phi) is 6.92. The topological polar surface area (TPSA) is 58.2 Å². The van der Waals surface area contributed by atoms with E-state index in [0.717, 1.165) is 22.3 Å². The van der Waals surface area contributed by atoms with Crippen molar-refractivity contribution in [3.8, 4) is 0 Å². The maximum Gasteiger partial charge on any atom is 0.256 e. The van der Waals surface area contributed by atoms with E-state index in [0.29, 0.717) is 27.9 Å². The van der Waals surface area contributed by atoms with Crippen molar-refractivity contribution in [2.45, 2.75) is 50.5 Å². The third-order valence-electron chi connectivity index (χ3n) is 6.69. The molecule has 6 heteroatoms. The average molecular weight is 457 g/mol. The van der Waals surface area contributed by atoms with Gasteiger partial charge in [0.15, 0.2) is 0 Å². The molecule has 164 valence electrons. The number of aryl methyl sites for hydroxylation is 1. The summed E-state index contributed by atoms with van der Waals surface area (Å²) in [5, 5.41) is 6.59. The number of carbonyl (C=O) groups is 2. The van der Waals surface area contributed by atoms with Gasteiger partial charge in [-0.25, -0.2) is 0 Å². The molecule has 4 atom stereocenters. The van der Waals surface area contributed by atoms with Gasteiger partial charge in [-0.15, -0.1) is 11.8 Å². The first-order chi connectivity index (χ1) is 14.9. The van der Waals surface area contributed by atoms with E-state index in [-0.39, 0.29) is 17.9 Å². The minimum atomic E-state index is -0.232. The molecular weight excluding hydrogens is 428 g/mol. The van der Waals surface area contributed by atoms with Crippen LogP contribution in [0.15, 0.2) is 47.4 Å². The van der Waals surface area contributed by atoms with Crippen LogP contribution in [0.25, 0.3) is 0 Å². The van der Waals surface area contributed by atoms with Gasteiger partial charge in [0, 0.05) is 10.9 Å². The summed E-state index contributed by atoms with van der Waals surface area (Å²) in [6.07, 6.45) is 5.28. The molecule has 2 fully saturated rings. The standard InChI is InChI=1S/C25H29ClN2O2S/c1-15-7-10-22(21(26)11-15)28-25(30)19-5-3-4-6-23(19)31-14-24(29)27-16(2)20-13-17-8-9-18(20)12-17/h3-7,10-11,16-18,20H,8-9,12-14H2,1-2H3,(H,27,29)(H,28,30). The molecule has 4 nitrogen and oxygen atoms in total. The molecule has 0 heterocycles. The summed E-state index contributed by atoms with van der Waals surface area (Å²) in [6, 6.07) is 13.1. The molecular formula is C25H29ClN2O2S. The Morgan fingerprint density at radius 3 is 2.68 bits per heavy atom. The molecule has 0 aliphatic heterocycles. The van der Waals surface area contributed by atoms with Gasteiger partial charge < -0.3 is 10.6 Å². The molecule has 2 aromatic rings. The Hall–Kier alpha value is -1.98. The average Bonchev–Trinajstić information content (AvgIpc) is 3.38. The number of hydrogen-bond donors (Lipinski definition) is 2. The van der Waals surface area contributed by atoms with E-state index < -0.39 is 0 Å². The molecule has 2 saturated carbocycles. The van der Waals surface area contributed by atoms with Crippen LogP contribution in [-0.2, 0) is 4.79 Å². The highest BCUT2D eigenvalue weighted by molar-refractivity contribution is 8.00. The zero-order chi connectivity index (χ0) is 22.0. The Bertz CT molecular complexity index is 980. The molecule has 0 aromatic heterocycles. The number of halogens is 1. The maximum atomic E-state index is 12.9. The molecule has 2 aliphatic rings. The van der Waals surface area contributed by atoms with E-state index in [1.807, 2.05) is 37.3 Å². The zero-order valence-electron chi connectivity index (χ0n) is 18.0. The molecule has 2 amide bonds. The van der Waals surface area contributed by atoms with E-state index >= 15 is 0 Å². The summed E-state index contributed by atoms with van der Waals surface area (Å²) in [5.74, 6) is 2.36. The van der Waals surface area contributed by atoms with Crippen LogP contribution in [0.1, 0.15) is 48.5 Å². The number of thioether (sulfide) groups is 1. The Morgan fingerprint density at radius 2 is 1.97 bits per heavy atom. The first kappa shape index (κ1) is 22.2. The molecule has 2 bridgehead atoms. The molecule has 0 spiro atoms. The van der Waals surface area contributed by atoms with Crippen molar-refractivity contribution >= 4 is 40.9 Å². The lowest BCUT2D eigenvalue weighted by atomic mass is 9.84. The van der Waals surface area contributed by atoms with Crippen molar-refractivity contribution in [3.05, 3.63) is 58.6 Å². The minimum Gasteiger partial charge on any atom is -0.353 e. The molecule has 4 rings (SSSR count). The van der Waals surface area contributed by atoms with Crippen molar-refractivity contribution in [2.75, 3.05) is 11.1 Å². The van der Waals surface area contributed by atoms with E-state index in [1.54, 1.807) is 12.1 Å². The molecule has 0 radical (unpaired) electrons. The highest BCUT2D eigenvalue weighted by Gasteiger charge is 2.42. The monoisotopic (exact) mass is 456 g/mol. The number of anilines is 1. The normalized spacial score (nSPS) is 22.9. The SMILES string of the molecule is Cc1ccc(NC(=O)c2ccccc2SCC(=O)NC(C)C2CC3CCC2C3)c(Cl)c1. The van der Waals surface area contributed by atoms with Gasteiger partial charge in [0.2, 0.25) is 5.91 Å². The number of carbonyl (C=O) groups excluding carboxylic acids is 2. The van der Waals surface area contributed by atoms with Crippen molar-refractivity contribution in [1.29, 1.82) is 0 Å². The number of amides is 2. The Balaban J connectivity index is 1.34. The number of fused-ring (bicyclic) bond motifs is 2. The molecule has 31 heavy (non-hydrogen) atoms. The molecule has 4 unspecified atom stereocenters. The van der Waals surface area contributed by atoms with Gasteiger partial charge in [-0.1, -0.05) is 36.2 Å². The van der Waals surface area contributed by atoms with Gasteiger partial charge in [0.05, 0.1) is 22.0 Å². The van der Waals surface area contributed by atoms with Crippen LogP contribution >= 0.6 is 23.4 Å². The van der Waals surface area contributed by atoms with Gasteiger partial charge in [0.25, 0.3) is 5.91 Å².